The molecule has 0 amide bonds. The molecule has 0 fully saturated rings. The minimum atomic E-state index is -1.13. The monoisotopic (exact) mass is 294 g/mol. The first-order valence-corrected chi connectivity index (χ1v) is 4.92. The van der Waals surface area contributed by atoms with Crippen molar-refractivity contribution in [1.82, 2.24) is 0 Å². The molecule has 1 aromatic rings. The van der Waals surface area contributed by atoms with Crippen LogP contribution in [0.4, 0.5) is 4.39 Å². The average Bonchev–Trinajstić information content (AvgIpc) is 2.24. The van der Waals surface area contributed by atoms with Crippen LogP contribution >= 0.6 is 27.5 Å². The van der Waals surface area contributed by atoms with E-state index in [1.54, 1.807) is 0 Å². The number of rotatable bonds is 2. The molecule has 6 heteroatoms. The fraction of sp³-hybridized carbons (Fsp3) is 0.111. The summed E-state index contributed by atoms with van der Waals surface area (Å²) in [4.78, 5) is 22.1. The smallest absolute Gasteiger partial charge is 0.379 e. The Bertz CT molecular complexity index is 434. The number of hydrogen-bond donors (Lipinski definition) is 0. The number of methoxy groups -OCH3 is 1. The van der Waals surface area contributed by atoms with Gasteiger partial charge in [0, 0.05) is 4.47 Å². The SMILES string of the molecule is COC(=O)C(=O)c1ccc(Br)c(Cl)c1F. The maximum atomic E-state index is 13.4. The van der Waals surface area contributed by atoms with Gasteiger partial charge in [0.2, 0.25) is 0 Å². The highest BCUT2D eigenvalue weighted by atomic mass is 79.9. The topological polar surface area (TPSA) is 43.4 Å². The summed E-state index contributed by atoms with van der Waals surface area (Å²) in [6, 6.07) is 2.53. The second kappa shape index (κ2) is 4.72. The molecule has 0 saturated heterocycles. The number of esters is 1. The number of ether oxygens (including phenoxy) is 1. The predicted octanol–water partition coefficient (Wildman–Crippen LogP) is 2.60. The van der Waals surface area contributed by atoms with Crippen LogP contribution in [0.1, 0.15) is 10.4 Å². The van der Waals surface area contributed by atoms with Crippen molar-refractivity contribution < 1.29 is 18.7 Å². The van der Waals surface area contributed by atoms with Crippen LogP contribution in [-0.2, 0) is 9.53 Å². The van der Waals surface area contributed by atoms with E-state index >= 15 is 0 Å². The number of benzene rings is 1. The molecule has 1 aromatic carbocycles. The van der Waals surface area contributed by atoms with Crippen LogP contribution in [0.2, 0.25) is 5.02 Å². The van der Waals surface area contributed by atoms with Gasteiger partial charge in [-0.05, 0) is 28.1 Å². The number of Topliss-reactive ketones (excluding diaryl/α,β-unsaturated/α-hetero) is 1. The number of ketones is 1. The van der Waals surface area contributed by atoms with Crippen LogP contribution < -0.4 is 0 Å². The van der Waals surface area contributed by atoms with E-state index in [1.807, 2.05) is 0 Å². The number of carbonyl (C=O) groups excluding carboxylic acids is 2. The number of halogens is 3. The summed E-state index contributed by atoms with van der Waals surface area (Å²) in [5, 5.41) is -0.246. The molecule has 0 atom stereocenters. The second-order valence-electron chi connectivity index (χ2n) is 2.54. The van der Waals surface area contributed by atoms with Gasteiger partial charge in [0.05, 0.1) is 17.7 Å². The van der Waals surface area contributed by atoms with E-state index in [0.29, 0.717) is 4.47 Å². The molecule has 3 nitrogen and oxygen atoms in total. The molecule has 0 aromatic heterocycles. The normalized spacial score (nSPS) is 9.87. The average molecular weight is 295 g/mol. The van der Waals surface area contributed by atoms with E-state index in [0.717, 1.165) is 13.2 Å². The summed E-state index contributed by atoms with van der Waals surface area (Å²) in [7, 11) is 1.04. The summed E-state index contributed by atoms with van der Waals surface area (Å²) in [5.41, 5.74) is -0.407. The van der Waals surface area contributed by atoms with E-state index in [2.05, 4.69) is 20.7 Å². The predicted molar refractivity (Wildman–Crippen MR) is 55.5 cm³/mol. The van der Waals surface area contributed by atoms with Crippen LogP contribution in [0, 0.1) is 5.82 Å². The van der Waals surface area contributed by atoms with Crippen LogP contribution in [0.3, 0.4) is 0 Å². The lowest BCUT2D eigenvalue weighted by Crippen LogP contribution is -2.17. The first kappa shape index (κ1) is 12.1. The molecular formula is C9H5BrClFO3. The van der Waals surface area contributed by atoms with Crippen molar-refractivity contribution in [2.45, 2.75) is 0 Å². The van der Waals surface area contributed by atoms with E-state index < -0.39 is 23.1 Å². The number of carbonyl (C=O) groups is 2. The van der Waals surface area contributed by atoms with E-state index in [9.17, 15) is 14.0 Å². The summed E-state index contributed by atoms with van der Waals surface area (Å²) in [6.45, 7) is 0. The molecule has 0 aliphatic carbocycles. The minimum absolute atomic E-state index is 0.246. The number of hydrogen-bond acceptors (Lipinski definition) is 3. The van der Waals surface area contributed by atoms with Gasteiger partial charge in [-0.15, -0.1) is 0 Å². The summed E-state index contributed by atoms with van der Waals surface area (Å²) in [5.74, 6) is -3.14. The largest absolute Gasteiger partial charge is 0.463 e. The lowest BCUT2D eigenvalue weighted by molar-refractivity contribution is -0.135. The molecule has 0 radical (unpaired) electrons. The Morgan fingerprint density at radius 3 is 2.60 bits per heavy atom. The van der Waals surface area contributed by atoms with Crippen molar-refractivity contribution in [1.29, 1.82) is 0 Å². The third-order valence-electron chi connectivity index (χ3n) is 1.65. The van der Waals surface area contributed by atoms with Gasteiger partial charge in [-0.3, -0.25) is 4.79 Å². The highest BCUT2D eigenvalue weighted by Gasteiger charge is 2.22. The maximum Gasteiger partial charge on any atom is 0.379 e. The first-order valence-electron chi connectivity index (χ1n) is 3.75. The Balaban J connectivity index is 3.22. The fourth-order valence-electron chi connectivity index (χ4n) is 0.904. The summed E-state index contributed by atoms with van der Waals surface area (Å²) >= 11 is 8.53. The Hall–Kier alpha value is -0.940. The molecule has 0 aliphatic heterocycles. The Morgan fingerprint density at radius 1 is 1.47 bits per heavy atom. The van der Waals surface area contributed by atoms with Gasteiger partial charge in [-0.2, -0.15) is 0 Å². The van der Waals surface area contributed by atoms with E-state index in [-0.39, 0.29) is 5.02 Å². The molecule has 0 bridgehead atoms. The molecular weight excluding hydrogens is 290 g/mol. The highest BCUT2D eigenvalue weighted by Crippen LogP contribution is 2.27. The lowest BCUT2D eigenvalue weighted by atomic mass is 10.1. The molecule has 1 rings (SSSR count). The van der Waals surface area contributed by atoms with Crippen LogP contribution in [0.15, 0.2) is 16.6 Å². The molecule has 15 heavy (non-hydrogen) atoms. The zero-order chi connectivity index (χ0) is 11.6. The Labute approximate surface area is 98.3 Å². The molecule has 0 saturated carbocycles. The zero-order valence-electron chi connectivity index (χ0n) is 7.51. The van der Waals surface area contributed by atoms with Gasteiger partial charge in [0.1, 0.15) is 0 Å². The van der Waals surface area contributed by atoms with E-state index in [4.69, 9.17) is 11.6 Å². The lowest BCUT2D eigenvalue weighted by Gasteiger charge is -2.03. The molecule has 0 aliphatic rings. The van der Waals surface area contributed by atoms with Crippen molar-refractivity contribution in [3.63, 3.8) is 0 Å². The van der Waals surface area contributed by atoms with Crippen LogP contribution in [0.25, 0.3) is 0 Å². The Morgan fingerprint density at radius 2 is 2.07 bits per heavy atom. The molecule has 80 valence electrons. The second-order valence-corrected chi connectivity index (χ2v) is 3.78. The summed E-state index contributed by atoms with van der Waals surface area (Å²) in [6.07, 6.45) is 0. The van der Waals surface area contributed by atoms with Crippen molar-refractivity contribution in [3.05, 3.63) is 33.0 Å². The van der Waals surface area contributed by atoms with Crippen molar-refractivity contribution in [2.24, 2.45) is 0 Å². The standard InChI is InChI=1S/C9H5BrClFO3/c1-15-9(14)8(13)4-2-3-5(10)6(11)7(4)12/h2-3H,1H3. The van der Waals surface area contributed by atoms with Crippen molar-refractivity contribution in [3.8, 4) is 0 Å². The zero-order valence-corrected chi connectivity index (χ0v) is 9.86. The summed E-state index contributed by atoms with van der Waals surface area (Å²) < 4.78 is 17.9. The fourth-order valence-corrected chi connectivity index (χ4v) is 1.37. The van der Waals surface area contributed by atoms with Gasteiger partial charge >= 0.3 is 5.97 Å². The molecule has 0 unspecified atom stereocenters. The van der Waals surface area contributed by atoms with Crippen molar-refractivity contribution >= 4 is 39.3 Å². The van der Waals surface area contributed by atoms with Gasteiger partial charge in [0.15, 0.2) is 5.82 Å². The van der Waals surface area contributed by atoms with Gasteiger partial charge in [-0.1, -0.05) is 11.6 Å². The minimum Gasteiger partial charge on any atom is -0.463 e. The van der Waals surface area contributed by atoms with E-state index in [1.165, 1.54) is 6.07 Å². The van der Waals surface area contributed by atoms with Crippen LogP contribution in [0.5, 0.6) is 0 Å². The van der Waals surface area contributed by atoms with Gasteiger partial charge in [0.25, 0.3) is 5.78 Å². The van der Waals surface area contributed by atoms with Crippen molar-refractivity contribution in [2.75, 3.05) is 7.11 Å². The third-order valence-corrected chi connectivity index (χ3v) is 2.91. The van der Waals surface area contributed by atoms with Gasteiger partial charge < -0.3 is 4.74 Å². The molecule has 0 heterocycles. The quantitative estimate of drug-likeness (QED) is 0.364. The van der Waals surface area contributed by atoms with Gasteiger partial charge in [-0.25, -0.2) is 9.18 Å². The highest BCUT2D eigenvalue weighted by molar-refractivity contribution is 9.10. The third kappa shape index (κ3) is 2.35. The molecule has 0 spiro atoms. The Kier molecular flexibility index (Phi) is 3.82. The first-order chi connectivity index (χ1) is 6.99. The molecule has 0 N–H and O–H groups in total. The maximum absolute atomic E-state index is 13.4. The van der Waals surface area contributed by atoms with Crippen LogP contribution in [-0.4, -0.2) is 18.9 Å².